The molecule has 1 heterocycles. The maximum Gasteiger partial charge on any atom is 0.171 e. The number of ketones is 1. The zero-order valence-corrected chi connectivity index (χ0v) is 7.78. The molecular formula is C11H6N2O2. The van der Waals surface area contributed by atoms with Gasteiger partial charge in [-0.15, -0.1) is 0 Å². The molecule has 15 heavy (non-hydrogen) atoms. The summed E-state index contributed by atoms with van der Waals surface area (Å²) < 4.78 is 5.26. The van der Waals surface area contributed by atoms with Crippen molar-refractivity contribution in [2.45, 2.75) is 6.42 Å². The van der Waals surface area contributed by atoms with Gasteiger partial charge in [-0.25, -0.2) is 0 Å². The van der Waals surface area contributed by atoms with Crippen LogP contribution in [0.4, 0.5) is 0 Å². The molecule has 0 amide bonds. The van der Waals surface area contributed by atoms with Gasteiger partial charge in [0, 0.05) is 6.42 Å². The first kappa shape index (κ1) is 9.23. The average Bonchev–Trinajstić information content (AvgIpc) is 2.27. The Morgan fingerprint density at radius 1 is 1.27 bits per heavy atom. The molecule has 0 atom stereocenters. The van der Waals surface area contributed by atoms with E-state index in [-0.39, 0.29) is 17.8 Å². The largest absolute Gasteiger partial charge is 0.492 e. The van der Waals surface area contributed by atoms with Crippen LogP contribution in [0.5, 0.6) is 5.75 Å². The molecule has 0 unspecified atom stereocenters. The molecule has 1 aliphatic heterocycles. The third kappa shape index (κ3) is 1.43. The first-order valence-electron chi connectivity index (χ1n) is 4.40. The molecule has 4 heteroatoms. The van der Waals surface area contributed by atoms with E-state index in [1.54, 1.807) is 0 Å². The fourth-order valence-electron chi connectivity index (χ4n) is 1.55. The number of nitrogens with zero attached hydrogens (tertiary/aromatic N) is 2. The molecule has 0 spiro atoms. The van der Waals surface area contributed by atoms with Crippen molar-refractivity contribution in [1.29, 1.82) is 10.5 Å². The minimum absolute atomic E-state index is 0.0997. The first-order chi connectivity index (χ1) is 7.26. The Kier molecular flexibility index (Phi) is 2.11. The van der Waals surface area contributed by atoms with Gasteiger partial charge in [0.25, 0.3) is 0 Å². The summed E-state index contributed by atoms with van der Waals surface area (Å²) in [6, 6.07) is 6.73. The van der Waals surface area contributed by atoms with Crippen LogP contribution in [-0.4, -0.2) is 12.4 Å². The summed E-state index contributed by atoms with van der Waals surface area (Å²) in [5.41, 5.74) is 0.858. The summed E-state index contributed by atoms with van der Waals surface area (Å²) >= 11 is 0. The predicted molar refractivity (Wildman–Crippen MR) is 50.3 cm³/mol. The Bertz CT molecular complexity index is 521. The highest BCUT2D eigenvalue weighted by Crippen LogP contribution is 2.29. The molecule has 4 nitrogen and oxygen atoms in total. The number of hydrogen-bond acceptors (Lipinski definition) is 4. The molecule has 0 aromatic heterocycles. The Hall–Kier alpha value is -2.33. The van der Waals surface area contributed by atoms with Gasteiger partial charge < -0.3 is 4.74 Å². The molecule has 1 aliphatic rings. The zero-order chi connectivity index (χ0) is 10.8. The van der Waals surface area contributed by atoms with Gasteiger partial charge in [-0.05, 0) is 12.1 Å². The van der Waals surface area contributed by atoms with Crippen LogP contribution in [0.2, 0.25) is 0 Å². The van der Waals surface area contributed by atoms with Crippen molar-refractivity contribution in [2.24, 2.45) is 0 Å². The van der Waals surface area contributed by atoms with Crippen molar-refractivity contribution >= 4 is 5.78 Å². The van der Waals surface area contributed by atoms with E-state index in [2.05, 4.69) is 0 Å². The highest BCUT2D eigenvalue weighted by atomic mass is 16.5. The van der Waals surface area contributed by atoms with Gasteiger partial charge in [-0.2, -0.15) is 10.5 Å². The molecular weight excluding hydrogens is 192 g/mol. The molecule has 1 aromatic carbocycles. The molecule has 0 saturated heterocycles. The van der Waals surface area contributed by atoms with Gasteiger partial charge in [0.1, 0.15) is 11.8 Å². The third-order valence-electron chi connectivity index (χ3n) is 2.22. The second kappa shape index (κ2) is 3.43. The molecule has 1 aromatic rings. The Labute approximate surface area is 86.3 Å². The number of nitriles is 2. The second-order valence-electron chi connectivity index (χ2n) is 3.14. The lowest BCUT2D eigenvalue weighted by Crippen LogP contribution is -2.17. The molecule has 0 aliphatic carbocycles. The molecule has 0 bridgehead atoms. The van der Waals surface area contributed by atoms with E-state index in [0.29, 0.717) is 23.5 Å². The van der Waals surface area contributed by atoms with Gasteiger partial charge in [0.05, 0.1) is 29.4 Å². The molecule has 0 saturated carbocycles. The molecule has 0 radical (unpaired) electrons. The lowest BCUT2D eigenvalue weighted by atomic mass is 9.97. The standard InChI is InChI=1S/C11H6N2O2/c12-5-7-3-8(6-13)11-9(14)1-2-15-10(11)4-7/h3-4H,1-2H2. The number of hydrogen-bond donors (Lipinski definition) is 0. The van der Waals surface area contributed by atoms with Crippen LogP contribution in [-0.2, 0) is 0 Å². The minimum Gasteiger partial charge on any atom is -0.492 e. The van der Waals surface area contributed by atoms with Crippen LogP contribution in [0.3, 0.4) is 0 Å². The van der Waals surface area contributed by atoms with Crippen molar-refractivity contribution in [3.63, 3.8) is 0 Å². The Morgan fingerprint density at radius 3 is 2.73 bits per heavy atom. The quantitative estimate of drug-likeness (QED) is 0.631. The molecule has 2 rings (SSSR count). The van der Waals surface area contributed by atoms with E-state index in [0.717, 1.165) is 0 Å². The van der Waals surface area contributed by atoms with Crippen LogP contribution >= 0.6 is 0 Å². The second-order valence-corrected chi connectivity index (χ2v) is 3.14. The van der Waals surface area contributed by atoms with Crippen LogP contribution in [0.1, 0.15) is 27.9 Å². The smallest absolute Gasteiger partial charge is 0.171 e. The third-order valence-corrected chi connectivity index (χ3v) is 2.22. The number of carbonyl (C=O) groups is 1. The topological polar surface area (TPSA) is 73.9 Å². The number of fused-ring (bicyclic) bond motifs is 1. The van der Waals surface area contributed by atoms with Crippen molar-refractivity contribution in [3.05, 3.63) is 28.8 Å². The summed E-state index contributed by atoms with van der Waals surface area (Å²) in [6.45, 7) is 0.311. The number of ether oxygens (including phenoxy) is 1. The van der Waals surface area contributed by atoms with Gasteiger partial charge in [0.15, 0.2) is 5.78 Å². The number of Topliss-reactive ketones (excluding diaryl/α,β-unsaturated/α-hetero) is 1. The van der Waals surface area contributed by atoms with Crippen LogP contribution in [0.15, 0.2) is 12.1 Å². The van der Waals surface area contributed by atoms with Gasteiger partial charge >= 0.3 is 0 Å². The van der Waals surface area contributed by atoms with E-state index >= 15 is 0 Å². The van der Waals surface area contributed by atoms with Gasteiger partial charge in [0.2, 0.25) is 0 Å². The zero-order valence-electron chi connectivity index (χ0n) is 7.78. The van der Waals surface area contributed by atoms with Crippen molar-refractivity contribution < 1.29 is 9.53 Å². The molecule has 0 fully saturated rings. The van der Waals surface area contributed by atoms with E-state index in [1.807, 2.05) is 12.1 Å². The van der Waals surface area contributed by atoms with Crippen molar-refractivity contribution in [3.8, 4) is 17.9 Å². The number of rotatable bonds is 0. The Balaban J connectivity index is 2.71. The van der Waals surface area contributed by atoms with Crippen LogP contribution < -0.4 is 4.74 Å². The van der Waals surface area contributed by atoms with E-state index in [4.69, 9.17) is 15.3 Å². The van der Waals surface area contributed by atoms with Crippen molar-refractivity contribution in [2.75, 3.05) is 6.61 Å². The maximum atomic E-state index is 11.6. The van der Waals surface area contributed by atoms with Gasteiger partial charge in [-0.1, -0.05) is 0 Å². The summed E-state index contributed by atoms with van der Waals surface area (Å²) in [5.74, 6) is 0.249. The monoisotopic (exact) mass is 198 g/mol. The number of carbonyl (C=O) groups excluding carboxylic acids is 1. The number of benzene rings is 1. The van der Waals surface area contributed by atoms with Gasteiger partial charge in [-0.3, -0.25) is 4.79 Å². The minimum atomic E-state index is -0.0997. The SMILES string of the molecule is N#Cc1cc(C#N)c2c(c1)OCCC2=O. The molecule has 0 N–H and O–H groups in total. The predicted octanol–water partition coefficient (Wildman–Crippen LogP) is 1.40. The first-order valence-corrected chi connectivity index (χ1v) is 4.40. The lowest BCUT2D eigenvalue weighted by Gasteiger charge is -2.17. The lowest BCUT2D eigenvalue weighted by molar-refractivity contribution is 0.0933. The van der Waals surface area contributed by atoms with E-state index in [9.17, 15) is 4.79 Å². The van der Waals surface area contributed by atoms with E-state index in [1.165, 1.54) is 12.1 Å². The summed E-state index contributed by atoms with van der Waals surface area (Å²) in [7, 11) is 0. The fraction of sp³-hybridized carbons (Fsp3) is 0.182. The van der Waals surface area contributed by atoms with Crippen LogP contribution in [0, 0.1) is 22.7 Å². The highest BCUT2D eigenvalue weighted by Gasteiger charge is 2.23. The summed E-state index contributed by atoms with van der Waals surface area (Å²) in [5, 5.41) is 17.6. The maximum absolute atomic E-state index is 11.6. The average molecular weight is 198 g/mol. The molecule has 72 valence electrons. The summed E-state index contributed by atoms with van der Waals surface area (Å²) in [4.78, 5) is 11.6. The van der Waals surface area contributed by atoms with Crippen LogP contribution in [0.25, 0.3) is 0 Å². The normalized spacial score (nSPS) is 13.3. The Morgan fingerprint density at radius 2 is 2.07 bits per heavy atom. The highest BCUT2D eigenvalue weighted by molar-refractivity contribution is 6.02. The van der Waals surface area contributed by atoms with Crippen molar-refractivity contribution in [1.82, 2.24) is 0 Å². The summed E-state index contributed by atoms with van der Waals surface area (Å²) in [6.07, 6.45) is 0.285. The van der Waals surface area contributed by atoms with E-state index < -0.39 is 0 Å². The fourth-order valence-corrected chi connectivity index (χ4v) is 1.55.